The van der Waals surface area contributed by atoms with E-state index in [2.05, 4.69) is 38.6 Å². The summed E-state index contributed by atoms with van der Waals surface area (Å²) in [6.45, 7) is 4.31. The summed E-state index contributed by atoms with van der Waals surface area (Å²) in [6, 6.07) is 6.25. The number of nitrogens with one attached hydrogen (secondary N) is 2. The molecule has 0 spiro atoms. The average Bonchev–Trinajstić information content (AvgIpc) is 2.76. The highest BCUT2D eigenvalue weighted by atomic mass is 16.2. The van der Waals surface area contributed by atoms with Crippen LogP contribution in [0.3, 0.4) is 0 Å². The summed E-state index contributed by atoms with van der Waals surface area (Å²) in [5, 5.41) is 7.62. The molecular weight excluding hydrogens is 402 g/mol. The van der Waals surface area contributed by atoms with E-state index in [1.54, 1.807) is 0 Å². The van der Waals surface area contributed by atoms with Gasteiger partial charge in [0, 0.05) is 11.4 Å². The van der Waals surface area contributed by atoms with Crippen LogP contribution in [0.25, 0.3) is 10.9 Å². The maximum Gasteiger partial charge on any atom is 0.289 e. The zero-order chi connectivity index (χ0) is 22.7. The lowest BCUT2D eigenvalue weighted by atomic mass is 9.87. The fourth-order valence-corrected chi connectivity index (χ4v) is 4.91. The van der Waals surface area contributed by atoms with E-state index in [1.807, 2.05) is 19.1 Å². The van der Waals surface area contributed by atoms with Gasteiger partial charge in [-0.25, -0.2) is 15.0 Å². The normalized spacial score (nSPS) is 25.8. The van der Waals surface area contributed by atoms with Crippen molar-refractivity contribution in [3.8, 4) is 0 Å². The largest absolute Gasteiger partial charge is 0.370 e. The molecule has 2 aromatic rings. The van der Waals surface area contributed by atoms with Crippen LogP contribution in [0.1, 0.15) is 74.5 Å². The summed E-state index contributed by atoms with van der Waals surface area (Å²) >= 11 is 0. The summed E-state index contributed by atoms with van der Waals surface area (Å²) < 4.78 is 0. The standard InChI is InChI=1S/C24H35N7O/c1-14-7-10-16(11-8-14)27-23(32)22-28-18-12-9-15(2)13-17(18)21(31-22)29-19-5-3-4-6-20(19)30-24(25)26/h9,12-14,16,19-20H,3-8,10-11H2,1-2H3,(H,27,32)(H4,25,26,30)(H,28,29,31). The molecule has 1 amide bonds. The molecule has 2 saturated carbocycles. The van der Waals surface area contributed by atoms with Crippen molar-refractivity contribution in [2.45, 2.75) is 83.3 Å². The molecule has 6 N–H and O–H groups in total. The average molecular weight is 438 g/mol. The summed E-state index contributed by atoms with van der Waals surface area (Å²) in [6.07, 6.45) is 8.36. The number of guanidine groups is 1. The Hall–Kier alpha value is -2.90. The minimum atomic E-state index is -0.209. The van der Waals surface area contributed by atoms with Crippen molar-refractivity contribution in [3.05, 3.63) is 29.6 Å². The molecule has 172 valence electrons. The van der Waals surface area contributed by atoms with Crippen LogP contribution in [-0.4, -0.2) is 40.0 Å². The molecule has 2 unspecified atom stereocenters. The van der Waals surface area contributed by atoms with E-state index in [4.69, 9.17) is 11.5 Å². The maximum atomic E-state index is 13.0. The van der Waals surface area contributed by atoms with E-state index in [9.17, 15) is 4.79 Å². The number of carbonyl (C=O) groups is 1. The maximum absolute atomic E-state index is 13.0. The van der Waals surface area contributed by atoms with Crippen LogP contribution in [0.2, 0.25) is 0 Å². The number of benzene rings is 1. The lowest BCUT2D eigenvalue weighted by Crippen LogP contribution is -2.39. The third-order valence-electron chi connectivity index (χ3n) is 6.77. The molecule has 8 nitrogen and oxygen atoms in total. The Morgan fingerprint density at radius 2 is 1.81 bits per heavy atom. The number of amides is 1. The van der Waals surface area contributed by atoms with Gasteiger partial charge in [-0.1, -0.05) is 31.4 Å². The van der Waals surface area contributed by atoms with Crippen molar-refractivity contribution in [1.29, 1.82) is 0 Å². The summed E-state index contributed by atoms with van der Waals surface area (Å²) in [7, 11) is 0. The number of hydrogen-bond acceptors (Lipinski definition) is 5. The molecule has 8 heteroatoms. The van der Waals surface area contributed by atoms with E-state index in [1.165, 1.54) is 0 Å². The van der Waals surface area contributed by atoms with Gasteiger partial charge in [0.25, 0.3) is 5.91 Å². The number of nitrogens with zero attached hydrogens (tertiary/aromatic N) is 3. The topological polar surface area (TPSA) is 131 Å². The smallest absolute Gasteiger partial charge is 0.289 e. The number of fused-ring (bicyclic) bond motifs is 1. The molecule has 32 heavy (non-hydrogen) atoms. The number of hydrogen-bond donors (Lipinski definition) is 4. The van der Waals surface area contributed by atoms with Gasteiger partial charge in [0.2, 0.25) is 5.82 Å². The number of aryl methyl sites for hydroxylation is 1. The van der Waals surface area contributed by atoms with Crippen LogP contribution < -0.4 is 22.1 Å². The fraction of sp³-hybridized carbons (Fsp3) is 0.583. The molecule has 2 atom stereocenters. The van der Waals surface area contributed by atoms with Gasteiger partial charge >= 0.3 is 0 Å². The molecule has 0 radical (unpaired) electrons. The lowest BCUT2D eigenvalue weighted by molar-refractivity contribution is 0.0913. The van der Waals surface area contributed by atoms with Gasteiger partial charge < -0.3 is 22.1 Å². The Labute approximate surface area is 189 Å². The molecular formula is C24H35N7O. The fourth-order valence-electron chi connectivity index (χ4n) is 4.91. The second-order valence-corrected chi connectivity index (χ2v) is 9.50. The highest BCUT2D eigenvalue weighted by Gasteiger charge is 2.27. The third kappa shape index (κ3) is 5.29. The van der Waals surface area contributed by atoms with Crippen LogP contribution in [0.5, 0.6) is 0 Å². The molecule has 1 aromatic heterocycles. The first-order chi connectivity index (χ1) is 15.4. The number of carbonyl (C=O) groups excluding carboxylic acids is 1. The molecule has 2 aliphatic rings. The first kappa shape index (κ1) is 22.3. The van der Waals surface area contributed by atoms with Gasteiger partial charge in [-0.05, 0) is 63.5 Å². The number of rotatable bonds is 5. The first-order valence-corrected chi connectivity index (χ1v) is 11.8. The second-order valence-electron chi connectivity index (χ2n) is 9.50. The Balaban J connectivity index is 1.62. The summed E-state index contributed by atoms with van der Waals surface area (Å²) in [5.41, 5.74) is 13.2. The van der Waals surface area contributed by atoms with Gasteiger partial charge in [0.15, 0.2) is 5.96 Å². The summed E-state index contributed by atoms with van der Waals surface area (Å²) in [5.74, 6) is 1.50. The SMILES string of the molecule is Cc1ccc2nc(C(=O)NC3CCC(C)CC3)nc(NC3CCCCC3N=C(N)N)c2c1. The molecule has 0 aliphatic heterocycles. The molecule has 1 heterocycles. The van der Waals surface area contributed by atoms with Crippen LogP contribution in [-0.2, 0) is 0 Å². The van der Waals surface area contributed by atoms with Gasteiger partial charge in [0.05, 0.1) is 17.6 Å². The Kier molecular flexibility index (Phi) is 6.77. The Bertz CT molecular complexity index is 993. The highest BCUT2D eigenvalue weighted by Crippen LogP contribution is 2.28. The highest BCUT2D eigenvalue weighted by molar-refractivity contribution is 5.96. The molecule has 2 aliphatic carbocycles. The van der Waals surface area contributed by atoms with Crippen LogP contribution in [0.15, 0.2) is 23.2 Å². The zero-order valence-corrected chi connectivity index (χ0v) is 19.1. The van der Waals surface area contributed by atoms with Crippen LogP contribution in [0, 0.1) is 12.8 Å². The number of aliphatic imine (C=N–C) groups is 1. The van der Waals surface area contributed by atoms with Crippen molar-refractivity contribution in [3.63, 3.8) is 0 Å². The number of aromatic nitrogens is 2. The van der Waals surface area contributed by atoms with Crippen molar-refractivity contribution < 1.29 is 4.79 Å². The van der Waals surface area contributed by atoms with Gasteiger partial charge in [-0.2, -0.15) is 0 Å². The van der Waals surface area contributed by atoms with Crippen molar-refractivity contribution in [2.75, 3.05) is 5.32 Å². The van der Waals surface area contributed by atoms with Crippen molar-refractivity contribution in [1.82, 2.24) is 15.3 Å². The van der Waals surface area contributed by atoms with Gasteiger partial charge in [-0.15, -0.1) is 0 Å². The van der Waals surface area contributed by atoms with E-state index >= 15 is 0 Å². The van der Waals surface area contributed by atoms with E-state index in [0.29, 0.717) is 5.82 Å². The summed E-state index contributed by atoms with van der Waals surface area (Å²) in [4.78, 5) is 26.8. The molecule has 0 saturated heterocycles. The zero-order valence-electron chi connectivity index (χ0n) is 19.1. The molecule has 1 aromatic carbocycles. The number of nitrogens with two attached hydrogens (primary N) is 2. The van der Waals surface area contributed by atoms with Crippen LogP contribution >= 0.6 is 0 Å². The predicted molar refractivity (Wildman–Crippen MR) is 129 cm³/mol. The van der Waals surface area contributed by atoms with E-state index < -0.39 is 0 Å². The minimum absolute atomic E-state index is 0.00919. The Morgan fingerprint density at radius 1 is 1.06 bits per heavy atom. The second kappa shape index (κ2) is 9.71. The molecule has 2 fully saturated rings. The lowest BCUT2D eigenvalue weighted by Gasteiger charge is -2.30. The van der Waals surface area contributed by atoms with E-state index in [-0.39, 0.29) is 35.8 Å². The quantitative estimate of drug-likeness (QED) is 0.419. The van der Waals surface area contributed by atoms with Crippen molar-refractivity contribution in [2.24, 2.45) is 22.4 Å². The third-order valence-corrected chi connectivity index (χ3v) is 6.77. The Morgan fingerprint density at radius 3 is 2.56 bits per heavy atom. The van der Waals surface area contributed by atoms with Gasteiger partial charge in [0.1, 0.15) is 5.82 Å². The first-order valence-electron chi connectivity index (χ1n) is 11.8. The minimum Gasteiger partial charge on any atom is -0.370 e. The predicted octanol–water partition coefficient (Wildman–Crippen LogP) is 3.24. The monoisotopic (exact) mass is 437 g/mol. The van der Waals surface area contributed by atoms with Gasteiger partial charge in [-0.3, -0.25) is 4.79 Å². The molecule has 4 rings (SSSR count). The number of anilines is 1. The van der Waals surface area contributed by atoms with Crippen LogP contribution in [0.4, 0.5) is 5.82 Å². The van der Waals surface area contributed by atoms with E-state index in [0.717, 1.165) is 73.8 Å². The molecule has 0 bridgehead atoms. The van der Waals surface area contributed by atoms with Crippen molar-refractivity contribution >= 4 is 28.6 Å².